The molecule has 6 nitrogen and oxygen atoms in total. The largest absolute Gasteiger partial charge is 0.383 e. The van der Waals surface area contributed by atoms with E-state index in [0.29, 0.717) is 25.1 Å². The summed E-state index contributed by atoms with van der Waals surface area (Å²) in [6.07, 6.45) is 4.08. The molecule has 1 aromatic heterocycles. The summed E-state index contributed by atoms with van der Waals surface area (Å²) in [4.78, 5) is 18.0. The fraction of sp³-hybridized carbons (Fsp3) is 0.600. The van der Waals surface area contributed by atoms with Crippen molar-refractivity contribution < 1.29 is 17.9 Å². The summed E-state index contributed by atoms with van der Waals surface area (Å²) in [7, 11) is -1.41. The van der Waals surface area contributed by atoms with Crippen LogP contribution in [0, 0.1) is 5.92 Å². The van der Waals surface area contributed by atoms with Gasteiger partial charge in [-0.05, 0) is 24.0 Å². The molecular weight excluding hydrogens is 304 g/mol. The van der Waals surface area contributed by atoms with Crippen LogP contribution in [0.15, 0.2) is 18.3 Å². The highest BCUT2D eigenvalue weighted by Gasteiger charge is 2.29. The zero-order chi connectivity index (χ0) is 16.2. The molecule has 1 saturated heterocycles. The highest BCUT2D eigenvalue weighted by Crippen LogP contribution is 2.21. The third kappa shape index (κ3) is 5.06. The number of carbonyl (C=O) groups is 1. The standard InChI is InChI=1S/C15H22N2O4S/c1-21-6-5-17-10-13(8-15(17)18)7-14-4-3-12(9-16-14)11-22(2,19)20/h3-4,9,13H,5-8,10-11H2,1-2H3/t13-/m0/s1. The minimum absolute atomic E-state index is 0.00693. The molecule has 0 radical (unpaired) electrons. The minimum atomic E-state index is -3.04. The van der Waals surface area contributed by atoms with Crippen LogP contribution in [0.3, 0.4) is 0 Å². The molecule has 1 amide bonds. The monoisotopic (exact) mass is 326 g/mol. The average Bonchev–Trinajstić information content (AvgIpc) is 2.77. The average molecular weight is 326 g/mol. The molecule has 0 unspecified atom stereocenters. The molecule has 1 fully saturated rings. The van der Waals surface area contributed by atoms with Gasteiger partial charge in [0.2, 0.25) is 5.91 Å². The molecule has 0 saturated carbocycles. The van der Waals surface area contributed by atoms with Crippen LogP contribution in [0.25, 0.3) is 0 Å². The minimum Gasteiger partial charge on any atom is -0.383 e. The summed E-state index contributed by atoms with van der Waals surface area (Å²) in [6, 6.07) is 3.64. The highest BCUT2D eigenvalue weighted by molar-refractivity contribution is 7.89. The molecule has 0 aromatic carbocycles. The third-order valence-electron chi connectivity index (χ3n) is 3.67. The number of hydrogen-bond donors (Lipinski definition) is 0. The van der Waals surface area contributed by atoms with E-state index < -0.39 is 9.84 Å². The number of methoxy groups -OCH3 is 1. The SMILES string of the molecule is COCCN1C[C@@H](Cc2ccc(CS(C)(=O)=O)cn2)CC1=O. The number of nitrogens with zero attached hydrogens (tertiary/aromatic N) is 2. The number of sulfone groups is 1. The maximum atomic E-state index is 11.9. The van der Waals surface area contributed by atoms with Crippen LogP contribution in [0.2, 0.25) is 0 Å². The fourth-order valence-corrected chi connectivity index (χ4v) is 3.44. The van der Waals surface area contributed by atoms with E-state index in [0.717, 1.165) is 18.7 Å². The summed E-state index contributed by atoms with van der Waals surface area (Å²) in [6.45, 7) is 1.92. The Balaban J connectivity index is 1.90. The van der Waals surface area contributed by atoms with Crippen LogP contribution in [0.4, 0.5) is 0 Å². The third-order valence-corrected chi connectivity index (χ3v) is 4.53. The Morgan fingerprint density at radius 2 is 2.18 bits per heavy atom. The molecule has 7 heteroatoms. The number of ether oxygens (including phenoxy) is 1. The molecule has 2 heterocycles. The molecule has 122 valence electrons. The predicted molar refractivity (Wildman–Crippen MR) is 83.1 cm³/mol. The van der Waals surface area contributed by atoms with Crippen molar-refractivity contribution in [2.24, 2.45) is 5.92 Å². The summed E-state index contributed by atoms with van der Waals surface area (Å²) in [5, 5.41) is 0. The van der Waals surface area contributed by atoms with Gasteiger partial charge in [-0.1, -0.05) is 6.07 Å². The fourth-order valence-electron chi connectivity index (χ4n) is 2.67. The predicted octanol–water partition coefficient (Wildman–Crippen LogP) is 0.664. The van der Waals surface area contributed by atoms with Gasteiger partial charge in [0.15, 0.2) is 9.84 Å². The van der Waals surface area contributed by atoms with Crippen molar-refractivity contribution in [2.75, 3.05) is 33.1 Å². The first-order valence-corrected chi connectivity index (χ1v) is 9.31. The lowest BCUT2D eigenvalue weighted by molar-refractivity contribution is -0.128. The van der Waals surface area contributed by atoms with Crippen molar-refractivity contribution in [3.8, 4) is 0 Å². The quantitative estimate of drug-likeness (QED) is 0.736. The van der Waals surface area contributed by atoms with Gasteiger partial charge < -0.3 is 9.64 Å². The Labute approximate surface area is 131 Å². The van der Waals surface area contributed by atoms with Crippen molar-refractivity contribution in [3.05, 3.63) is 29.6 Å². The van der Waals surface area contributed by atoms with E-state index in [4.69, 9.17) is 4.74 Å². The Morgan fingerprint density at radius 3 is 2.77 bits per heavy atom. The number of amides is 1. The number of carbonyl (C=O) groups excluding carboxylic acids is 1. The maximum absolute atomic E-state index is 11.9. The number of rotatable bonds is 7. The van der Waals surface area contributed by atoms with Crippen LogP contribution < -0.4 is 0 Å². The second kappa shape index (κ2) is 7.19. The summed E-state index contributed by atoms with van der Waals surface area (Å²) < 4.78 is 27.5. The molecule has 0 bridgehead atoms. The van der Waals surface area contributed by atoms with E-state index >= 15 is 0 Å². The van der Waals surface area contributed by atoms with Gasteiger partial charge in [0.1, 0.15) is 0 Å². The zero-order valence-corrected chi connectivity index (χ0v) is 13.8. The van der Waals surface area contributed by atoms with Gasteiger partial charge in [0.25, 0.3) is 0 Å². The number of hydrogen-bond acceptors (Lipinski definition) is 5. The van der Waals surface area contributed by atoms with E-state index in [1.165, 1.54) is 6.26 Å². The lowest BCUT2D eigenvalue weighted by Crippen LogP contribution is -2.28. The van der Waals surface area contributed by atoms with E-state index in [-0.39, 0.29) is 17.6 Å². The first-order chi connectivity index (χ1) is 10.4. The molecule has 1 aromatic rings. The molecule has 0 N–H and O–H groups in total. The van der Waals surface area contributed by atoms with Gasteiger partial charge in [-0.2, -0.15) is 0 Å². The van der Waals surface area contributed by atoms with Crippen molar-refractivity contribution >= 4 is 15.7 Å². The van der Waals surface area contributed by atoms with Gasteiger partial charge in [0, 0.05) is 44.8 Å². The summed E-state index contributed by atoms with van der Waals surface area (Å²) in [5.41, 5.74) is 1.58. The van der Waals surface area contributed by atoms with Gasteiger partial charge >= 0.3 is 0 Å². The molecule has 2 rings (SSSR count). The van der Waals surface area contributed by atoms with Crippen LogP contribution >= 0.6 is 0 Å². The first-order valence-electron chi connectivity index (χ1n) is 7.25. The molecule has 1 aliphatic rings. The second-order valence-electron chi connectivity index (χ2n) is 5.83. The Hall–Kier alpha value is -1.47. The van der Waals surface area contributed by atoms with E-state index in [1.54, 1.807) is 19.4 Å². The normalized spacial score (nSPS) is 18.9. The zero-order valence-electron chi connectivity index (χ0n) is 13.0. The van der Waals surface area contributed by atoms with E-state index in [2.05, 4.69) is 4.98 Å². The van der Waals surface area contributed by atoms with E-state index in [9.17, 15) is 13.2 Å². The van der Waals surface area contributed by atoms with Crippen LogP contribution in [0.1, 0.15) is 17.7 Å². The first kappa shape index (κ1) is 16.9. The van der Waals surface area contributed by atoms with E-state index in [1.807, 2.05) is 11.0 Å². The number of likely N-dealkylation sites (tertiary alicyclic amines) is 1. The summed E-state index contributed by atoms with van der Waals surface area (Å²) >= 11 is 0. The van der Waals surface area contributed by atoms with Crippen molar-refractivity contribution in [1.82, 2.24) is 9.88 Å². The Kier molecular flexibility index (Phi) is 5.52. The second-order valence-corrected chi connectivity index (χ2v) is 7.97. The van der Waals surface area contributed by atoms with Gasteiger partial charge in [-0.25, -0.2) is 8.42 Å². The molecule has 0 aliphatic carbocycles. The lowest BCUT2D eigenvalue weighted by atomic mass is 10.0. The number of pyridine rings is 1. The number of aromatic nitrogens is 1. The Morgan fingerprint density at radius 1 is 1.41 bits per heavy atom. The Bertz CT molecular complexity index is 613. The van der Waals surface area contributed by atoms with Crippen molar-refractivity contribution in [2.45, 2.75) is 18.6 Å². The molecule has 22 heavy (non-hydrogen) atoms. The van der Waals surface area contributed by atoms with Gasteiger partial charge in [0.05, 0.1) is 12.4 Å². The van der Waals surface area contributed by atoms with Crippen molar-refractivity contribution in [3.63, 3.8) is 0 Å². The van der Waals surface area contributed by atoms with Crippen molar-refractivity contribution in [1.29, 1.82) is 0 Å². The summed E-state index contributed by atoms with van der Waals surface area (Å²) in [5.74, 6) is 0.431. The highest BCUT2D eigenvalue weighted by atomic mass is 32.2. The maximum Gasteiger partial charge on any atom is 0.223 e. The van der Waals surface area contributed by atoms with Crippen LogP contribution in [-0.2, 0) is 31.5 Å². The molecule has 1 atom stereocenters. The molecule has 0 spiro atoms. The van der Waals surface area contributed by atoms with Gasteiger partial charge in [-0.15, -0.1) is 0 Å². The van der Waals surface area contributed by atoms with Gasteiger partial charge in [-0.3, -0.25) is 9.78 Å². The lowest BCUT2D eigenvalue weighted by Gasteiger charge is -2.15. The molecular formula is C15H22N2O4S. The van der Waals surface area contributed by atoms with Crippen LogP contribution in [-0.4, -0.2) is 57.3 Å². The smallest absolute Gasteiger partial charge is 0.223 e. The molecule has 1 aliphatic heterocycles. The van der Waals surface area contributed by atoms with Crippen LogP contribution in [0.5, 0.6) is 0 Å². The topological polar surface area (TPSA) is 76.6 Å².